The summed E-state index contributed by atoms with van der Waals surface area (Å²) in [6.45, 7) is -0.567. The van der Waals surface area contributed by atoms with Gasteiger partial charge in [0.1, 0.15) is 27.0 Å². The number of nitrogens with one attached hydrogen (secondary N) is 2. The van der Waals surface area contributed by atoms with Crippen LogP contribution in [0.4, 0.5) is 5.13 Å². The first-order valence-corrected chi connectivity index (χ1v) is 22.8. The molecular formula is C51H39ClN5NaO6S2. The normalized spacial score (nSPS) is 16.1. The second kappa shape index (κ2) is 20.2. The second-order valence-corrected chi connectivity index (χ2v) is 17.9. The number of anilines is 1. The van der Waals surface area contributed by atoms with Gasteiger partial charge in [-0.15, -0.1) is 11.8 Å². The molecule has 2 atom stereocenters. The number of oxime groups is 1. The molecule has 0 unspecified atom stereocenters. The topological polar surface area (TPSA) is 156 Å². The maximum absolute atomic E-state index is 14.9. The molecule has 11 nitrogen and oxygen atoms in total. The Morgan fingerprint density at radius 3 is 1.58 bits per heavy atom. The first kappa shape index (κ1) is 46.5. The third-order valence-corrected chi connectivity index (χ3v) is 14.0. The Hall–Kier alpha value is -6.03. The van der Waals surface area contributed by atoms with Crippen LogP contribution < -0.4 is 45.3 Å². The number of hydrogen-bond donors (Lipinski definition) is 3. The molecule has 324 valence electrons. The molecule has 2 aliphatic heterocycles. The number of rotatable bonds is 15. The van der Waals surface area contributed by atoms with Gasteiger partial charge in [-0.2, -0.15) is 0 Å². The number of β-lactam (4-membered cyclic amide) rings is 1. The summed E-state index contributed by atoms with van der Waals surface area (Å²) in [5, 5.41) is 32.8. The Labute approximate surface area is 416 Å². The molecule has 0 spiro atoms. The van der Waals surface area contributed by atoms with Crippen molar-refractivity contribution in [1.29, 1.82) is 0 Å². The standard InChI is InChI=1S/C51H40ClN5O6S2.Na/c52-44-40(54-49(65-44)55-50(34-19-7-1-8-20-34,35-21-9-2-10-22-35)36-23-11-3-12-24-36)41(45(59)53-42-46(60)57-43(48(61)62)33(31-58)32-64-47(42)57)56-63-51(37-25-13-4-14-26-37,38-27-15-5-16-28-38)39-29-17-6-18-30-39;/h1-30,42,47,58H,31-32H2,(H,53,59)(H,54,55)(H,61,62);/q;+1/p-1/b56-41-;/t42-,47+;/m1./s1. The molecule has 1 fully saturated rings. The van der Waals surface area contributed by atoms with Crippen molar-refractivity contribution in [3.63, 3.8) is 0 Å². The molecule has 7 aromatic rings. The molecule has 3 heterocycles. The van der Waals surface area contributed by atoms with Crippen LogP contribution in [-0.2, 0) is 30.4 Å². The number of hydrogen-bond acceptors (Lipinski definition) is 11. The monoisotopic (exact) mass is 939 g/mol. The van der Waals surface area contributed by atoms with E-state index >= 15 is 0 Å². The van der Waals surface area contributed by atoms with Crippen LogP contribution in [0.3, 0.4) is 0 Å². The fourth-order valence-corrected chi connectivity index (χ4v) is 10.9. The van der Waals surface area contributed by atoms with Crippen molar-refractivity contribution < 1.29 is 59.0 Å². The summed E-state index contributed by atoms with van der Waals surface area (Å²) >= 11 is 9.49. The number of aliphatic hydroxyl groups excluding tert-OH is 1. The van der Waals surface area contributed by atoms with Gasteiger partial charge in [0.05, 0.1) is 18.3 Å². The van der Waals surface area contributed by atoms with Crippen molar-refractivity contribution in [2.45, 2.75) is 22.6 Å². The molecule has 3 N–H and O–H groups in total. The molecule has 0 saturated carbocycles. The number of carboxylic acid groups (broad SMARTS) is 1. The van der Waals surface area contributed by atoms with Gasteiger partial charge in [-0.1, -0.05) is 210 Å². The summed E-state index contributed by atoms with van der Waals surface area (Å²) in [6.07, 6.45) is 0. The molecule has 15 heteroatoms. The number of amides is 2. The van der Waals surface area contributed by atoms with Crippen LogP contribution in [-0.4, -0.2) is 62.3 Å². The maximum atomic E-state index is 14.9. The van der Waals surface area contributed by atoms with Gasteiger partial charge >= 0.3 is 29.6 Å². The Kier molecular flexibility index (Phi) is 14.3. The van der Waals surface area contributed by atoms with E-state index in [4.69, 9.17) is 26.6 Å². The molecular weight excluding hydrogens is 901 g/mol. The minimum Gasteiger partial charge on any atom is -0.543 e. The minimum absolute atomic E-state index is 0. The number of fused-ring (bicyclic) bond motifs is 1. The first-order valence-electron chi connectivity index (χ1n) is 20.6. The zero-order valence-corrected chi connectivity index (χ0v) is 39.8. The molecule has 1 aromatic heterocycles. The summed E-state index contributed by atoms with van der Waals surface area (Å²) < 4.78 is 0.0983. The first-order chi connectivity index (χ1) is 31.8. The minimum atomic E-state index is -1.60. The number of benzene rings is 6. The number of aliphatic hydroxyl groups is 1. The predicted octanol–water partition coefficient (Wildman–Crippen LogP) is 4.31. The van der Waals surface area contributed by atoms with Crippen LogP contribution in [0, 0.1) is 0 Å². The van der Waals surface area contributed by atoms with E-state index in [1.807, 2.05) is 182 Å². The van der Waals surface area contributed by atoms with Crippen LogP contribution in [0.15, 0.2) is 198 Å². The summed E-state index contributed by atoms with van der Waals surface area (Å²) in [6, 6.07) is 57.1. The Morgan fingerprint density at radius 1 is 0.742 bits per heavy atom. The number of halogens is 1. The summed E-state index contributed by atoms with van der Waals surface area (Å²) in [5.74, 6) is -3.03. The second-order valence-electron chi connectivity index (χ2n) is 15.2. The van der Waals surface area contributed by atoms with Crippen LogP contribution in [0.2, 0.25) is 4.34 Å². The molecule has 66 heavy (non-hydrogen) atoms. The third kappa shape index (κ3) is 8.59. The van der Waals surface area contributed by atoms with Gasteiger partial charge in [-0.05, 0) is 22.3 Å². The number of nitrogens with zero attached hydrogens (tertiary/aromatic N) is 3. The van der Waals surface area contributed by atoms with Crippen molar-refractivity contribution in [1.82, 2.24) is 15.2 Å². The Morgan fingerprint density at radius 2 is 1.17 bits per heavy atom. The maximum Gasteiger partial charge on any atom is 1.00 e. The van der Waals surface area contributed by atoms with Gasteiger partial charge in [0.25, 0.3) is 11.8 Å². The SMILES string of the molecule is O=C([O-])C1=C(CO)CS[C@H]2[C@H](NC(=O)/C(=N\OC(c3ccccc3)(c3ccccc3)c3ccccc3)c3nc(NC(c4ccccc4)(c4ccccc4)c4ccccc4)sc3Cl)C(=O)N12.[Na+]. The van der Waals surface area contributed by atoms with E-state index < -0.39 is 52.6 Å². The molecule has 6 aromatic carbocycles. The fraction of sp³-hybridized carbons (Fsp3) is 0.118. The van der Waals surface area contributed by atoms with Crippen LogP contribution in [0.25, 0.3) is 0 Å². The summed E-state index contributed by atoms with van der Waals surface area (Å²) in [5.41, 5.74) is 1.80. The van der Waals surface area contributed by atoms with Crippen molar-refractivity contribution in [2.24, 2.45) is 5.16 Å². The molecule has 0 bridgehead atoms. The Bertz CT molecular complexity index is 2700. The van der Waals surface area contributed by atoms with Crippen molar-refractivity contribution >= 4 is 63.3 Å². The number of aliphatic carboxylic acids is 1. The number of carbonyl (C=O) groups excluding carboxylic acids is 3. The number of carboxylic acids is 1. The molecule has 2 amide bonds. The van der Waals surface area contributed by atoms with Crippen molar-refractivity contribution in [2.75, 3.05) is 17.7 Å². The predicted molar refractivity (Wildman–Crippen MR) is 251 cm³/mol. The van der Waals surface area contributed by atoms with Gasteiger partial charge < -0.3 is 30.5 Å². The summed E-state index contributed by atoms with van der Waals surface area (Å²) in [4.78, 5) is 53.7. The van der Waals surface area contributed by atoms with Gasteiger partial charge in [0, 0.05) is 22.4 Å². The van der Waals surface area contributed by atoms with Crippen LogP contribution in [0.5, 0.6) is 0 Å². The van der Waals surface area contributed by atoms with Crippen LogP contribution >= 0.6 is 34.7 Å². The zero-order chi connectivity index (χ0) is 45.0. The van der Waals surface area contributed by atoms with E-state index in [1.54, 1.807) is 0 Å². The largest absolute Gasteiger partial charge is 1.00 e. The Balaban J connectivity index is 0.00000592. The molecule has 2 aliphatic rings. The molecule has 0 radical (unpaired) electrons. The third-order valence-electron chi connectivity index (χ3n) is 11.5. The quantitative estimate of drug-likeness (QED) is 0.0449. The molecule has 1 saturated heterocycles. The number of thioether (sulfide) groups is 1. The van der Waals surface area contributed by atoms with Gasteiger partial charge in [-0.3, -0.25) is 14.5 Å². The molecule has 0 aliphatic carbocycles. The average molecular weight is 940 g/mol. The smallest absolute Gasteiger partial charge is 0.543 e. The zero-order valence-electron chi connectivity index (χ0n) is 35.4. The van der Waals surface area contributed by atoms with Crippen LogP contribution in [0.1, 0.15) is 39.1 Å². The fourth-order valence-electron chi connectivity index (χ4n) is 8.43. The number of thiazole rings is 1. The van der Waals surface area contributed by atoms with Crippen molar-refractivity contribution in [3.8, 4) is 0 Å². The van der Waals surface area contributed by atoms with E-state index in [9.17, 15) is 24.6 Å². The van der Waals surface area contributed by atoms with Gasteiger partial charge in [0.2, 0.25) is 5.60 Å². The summed E-state index contributed by atoms with van der Waals surface area (Å²) in [7, 11) is 0. The van der Waals surface area contributed by atoms with E-state index in [2.05, 4.69) is 10.6 Å². The van der Waals surface area contributed by atoms with Crippen molar-refractivity contribution in [3.05, 3.63) is 237 Å². The average Bonchev–Trinajstić information content (AvgIpc) is 3.73. The van der Waals surface area contributed by atoms with Gasteiger partial charge in [0.15, 0.2) is 10.8 Å². The number of aromatic nitrogens is 1. The van der Waals surface area contributed by atoms with Gasteiger partial charge in [-0.25, -0.2) is 4.98 Å². The number of carbonyl (C=O) groups is 3. The molecule has 9 rings (SSSR count). The van der Waals surface area contributed by atoms with E-state index in [0.717, 1.165) is 32.9 Å². The van der Waals surface area contributed by atoms with E-state index in [1.165, 1.54) is 11.8 Å². The van der Waals surface area contributed by atoms with E-state index in [0.29, 0.717) is 21.8 Å². The van der Waals surface area contributed by atoms with E-state index in [-0.39, 0.29) is 56.6 Å².